The Bertz CT molecular complexity index is 391. The maximum absolute atomic E-state index is 11.8. The number of nitrogens with two attached hydrogens (primary N) is 2. The molecule has 128 valence electrons. The summed E-state index contributed by atoms with van der Waals surface area (Å²) in [5.74, 6) is 4.93. The summed E-state index contributed by atoms with van der Waals surface area (Å²) in [4.78, 5) is 11.8. The molecule has 5 N–H and O–H groups in total. The molecule has 1 aliphatic carbocycles. The Morgan fingerprint density at radius 2 is 1.95 bits per heavy atom. The van der Waals surface area contributed by atoms with Crippen molar-refractivity contribution in [3.8, 4) is 0 Å². The molecule has 0 aliphatic heterocycles. The third-order valence-electron chi connectivity index (χ3n) is 4.69. The number of carbonyl (C=O) groups excluding carboxylic acids is 1. The number of hydrazine groups is 1. The smallest absolute Gasteiger partial charge is 0.358 e. The summed E-state index contributed by atoms with van der Waals surface area (Å²) in [5.41, 5.74) is 9.12. The molecular weight excluding hydrogens is 298 g/mol. The minimum absolute atomic E-state index is 0.174. The lowest BCUT2D eigenvalue weighted by Gasteiger charge is -2.39. The van der Waals surface area contributed by atoms with Crippen molar-refractivity contribution in [3.63, 3.8) is 0 Å². The molecule has 0 aromatic heterocycles. The third kappa shape index (κ3) is 5.09. The van der Waals surface area contributed by atoms with Gasteiger partial charge in [0.05, 0.1) is 11.6 Å². The van der Waals surface area contributed by atoms with Crippen molar-refractivity contribution in [2.75, 3.05) is 6.61 Å². The second kappa shape index (κ2) is 9.30. The molecule has 0 aromatic carbocycles. The summed E-state index contributed by atoms with van der Waals surface area (Å²) < 4.78 is 4.96. The average molecular weight is 330 g/mol. The van der Waals surface area contributed by atoms with Crippen molar-refractivity contribution >= 4 is 17.7 Å². The highest BCUT2D eigenvalue weighted by molar-refractivity contribution is 8.03. The zero-order valence-electron chi connectivity index (χ0n) is 14.1. The fourth-order valence-corrected chi connectivity index (χ4v) is 4.40. The minimum Gasteiger partial charge on any atom is -0.461 e. The zero-order chi connectivity index (χ0) is 16.6. The molecule has 0 heterocycles. The van der Waals surface area contributed by atoms with E-state index in [1.165, 1.54) is 32.1 Å². The number of carbonyl (C=O) groups is 1. The van der Waals surface area contributed by atoms with Gasteiger partial charge in [-0.15, -0.1) is 11.8 Å². The summed E-state index contributed by atoms with van der Waals surface area (Å²) in [5, 5.41) is 0.889. The van der Waals surface area contributed by atoms with E-state index >= 15 is 0 Å². The maximum atomic E-state index is 11.8. The lowest BCUT2D eigenvalue weighted by Crippen LogP contribution is -2.32. The van der Waals surface area contributed by atoms with Crippen molar-refractivity contribution in [1.82, 2.24) is 5.43 Å². The molecule has 1 rings (SSSR count). The first-order valence-electron chi connectivity index (χ1n) is 8.32. The van der Waals surface area contributed by atoms with Gasteiger partial charge in [0.15, 0.2) is 5.70 Å². The molecule has 22 heavy (non-hydrogen) atoms. The molecule has 0 unspecified atom stereocenters. The molecule has 0 spiro atoms. The number of esters is 1. The van der Waals surface area contributed by atoms with Crippen LogP contribution in [0, 0.1) is 5.41 Å². The van der Waals surface area contributed by atoms with Crippen LogP contribution in [0.1, 0.15) is 65.7 Å². The maximum Gasteiger partial charge on any atom is 0.358 e. The molecule has 0 amide bonds. The van der Waals surface area contributed by atoms with E-state index in [4.69, 9.17) is 16.3 Å². The van der Waals surface area contributed by atoms with Gasteiger partial charge in [-0.2, -0.15) is 0 Å². The quantitative estimate of drug-likeness (QED) is 0.274. The lowest BCUT2D eigenvalue weighted by atomic mass is 9.69. The zero-order valence-corrected chi connectivity index (χ0v) is 14.9. The van der Waals surface area contributed by atoms with Crippen molar-refractivity contribution in [2.24, 2.45) is 17.0 Å². The van der Waals surface area contributed by atoms with Crippen LogP contribution in [0.25, 0.3) is 0 Å². The van der Waals surface area contributed by atoms with Crippen LogP contribution in [0.4, 0.5) is 0 Å². The second-order valence-corrected chi connectivity index (χ2v) is 7.37. The summed E-state index contributed by atoms with van der Waals surface area (Å²) >= 11 is 1.55. The van der Waals surface area contributed by atoms with Gasteiger partial charge in [0.2, 0.25) is 0 Å². The predicted octanol–water partition coefficient (Wildman–Crippen LogP) is 3.01. The van der Waals surface area contributed by atoms with Gasteiger partial charge in [-0.3, -0.25) is 5.84 Å². The van der Waals surface area contributed by atoms with E-state index in [1.807, 2.05) is 0 Å². The summed E-state index contributed by atoms with van der Waals surface area (Å²) in [6, 6.07) is 0. The normalized spacial score (nSPS) is 26.3. The third-order valence-corrected chi connectivity index (χ3v) is 5.95. The first kappa shape index (κ1) is 19.2. The SMILES string of the molecule is CCCC1(CC)CCC(S/C(N)=C(/NN)C(=O)OCC)CC1. The fraction of sp³-hybridized carbons (Fsp3) is 0.812. The number of rotatable bonds is 8. The molecule has 0 bridgehead atoms. The molecule has 1 fully saturated rings. The van der Waals surface area contributed by atoms with Crippen molar-refractivity contribution in [3.05, 3.63) is 10.7 Å². The highest BCUT2D eigenvalue weighted by Gasteiger charge is 2.33. The van der Waals surface area contributed by atoms with Crippen LogP contribution in [0.2, 0.25) is 0 Å². The van der Waals surface area contributed by atoms with E-state index in [2.05, 4.69) is 19.3 Å². The van der Waals surface area contributed by atoms with Crippen LogP contribution in [0.3, 0.4) is 0 Å². The summed E-state index contributed by atoms with van der Waals surface area (Å²) in [6.45, 7) is 6.63. The van der Waals surface area contributed by atoms with Crippen molar-refractivity contribution < 1.29 is 9.53 Å². The van der Waals surface area contributed by atoms with Crippen LogP contribution in [0.5, 0.6) is 0 Å². The van der Waals surface area contributed by atoms with Crippen LogP contribution < -0.4 is 17.0 Å². The van der Waals surface area contributed by atoms with Gasteiger partial charge < -0.3 is 15.9 Å². The topological polar surface area (TPSA) is 90.4 Å². The van der Waals surface area contributed by atoms with Crippen molar-refractivity contribution in [2.45, 2.75) is 71.0 Å². The Balaban J connectivity index is 2.63. The van der Waals surface area contributed by atoms with Gasteiger partial charge in [0.25, 0.3) is 0 Å². The van der Waals surface area contributed by atoms with E-state index < -0.39 is 5.97 Å². The first-order chi connectivity index (χ1) is 10.5. The molecule has 1 saturated carbocycles. The van der Waals surface area contributed by atoms with Crippen LogP contribution in [-0.4, -0.2) is 17.8 Å². The van der Waals surface area contributed by atoms with E-state index in [0.717, 1.165) is 12.8 Å². The Kier molecular flexibility index (Phi) is 8.10. The molecule has 0 radical (unpaired) electrons. The Morgan fingerprint density at radius 3 is 2.41 bits per heavy atom. The van der Waals surface area contributed by atoms with Gasteiger partial charge in [-0.25, -0.2) is 4.79 Å². The molecular formula is C16H31N3O2S. The van der Waals surface area contributed by atoms with Gasteiger partial charge in [0.1, 0.15) is 0 Å². The first-order valence-corrected chi connectivity index (χ1v) is 9.20. The molecule has 1 aliphatic rings. The molecule has 6 heteroatoms. The number of hydrogen-bond donors (Lipinski definition) is 3. The highest BCUT2D eigenvalue weighted by atomic mass is 32.2. The Labute approximate surface area is 138 Å². The fourth-order valence-electron chi connectivity index (χ4n) is 3.30. The Morgan fingerprint density at radius 1 is 1.32 bits per heavy atom. The van der Waals surface area contributed by atoms with Crippen LogP contribution in [0.15, 0.2) is 10.7 Å². The summed E-state index contributed by atoms with van der Waals surface area (Å²) in [6.07, 6.45) is 8.57. The van der Waals surface area contributed by atoms with Gasteiger partial charge in [-0.05, 0) is 44.4 Å². The van der Waals surface area contributed by atoms with Crippen molar-refractivity contribution in [1.29, 1.82) is 0 Å². The predicted molar refractivity (Wildman–Crippen MR) is 92.6 cm³/mol. The van der Waals surface area contributed by atoms with E-state index in [0.29, 0.717) is 22.3 Å². The standard InChI is InChI=1S/C16H31N3O2S/c1-4-9-16(5-2)10-7-12(8-11-16)22-14(17)13(19-18)15(20)21-6-3/h12,19H,4-11,17-18H2,1-3H3/b14-13+. The van der Waals surface area contributed by atoms with Crippen LogP contribution >= 0.6 is 11.8 Å². The molecule has 5 nitrogen and oxygen atoms in total. The number of ether oxygens (including phenoxy) is 1. The number of nitrogens with one attached hydrogen (secondary N) is 1. The van der Waals surface area contributed by atoms with Gasteiger partial charge in [-0.1, -0.05) is 26.7 Å². The van der Waals surface area contributed by atoms with Gasteiger partial charge >= 0.3 is 5.97 Å². The monoisotopic (exact) mass is 329 g/mol. The lowest BCUT2D eigenvalue weighted by molar-refractivity contribution is -0.139. The number of thioether (sulfide) groups is 1. The molecule has 0 aromatic rings. The van der Waals surface area contributed by atoms with Gasteiger partial charge in [0, 0.05) is 5.25 Å². The summed E-state index contributed by atoms with van der Waals surface area (Å²) in [7, 11) is 0. The molecule has 0 saturated heterocycles. The Hall–Kier alpha value is -0.880. The van der Waals surface area contributed by atoms with E-state index in [9.17, 15) is 4.79 Å². The molecule has 0 atom stereocenters. The van der Waals surface area contributed by atoms with E-state index in [-0.39, 0.29) is 5.70 Å². The average Bonchev–Trinajstić information content (AvgIpc) is 2.50. The highest BCUT2D eigenvalue weighted by Crippen LogP contribution is 2.46. The second-order valence-electron chi connectivity index (χ2n) is 6.02. The minimum atomic E-state index is -0.486. The number of hydrogen-bond acceptors (Lipinski definition) is 6. The van der Waals surface area contributed by atoms with E-state index in [1.54, 1.807) is 18.7 Å². The van der Waals surface area contributed by atoms with Crippen LogP contribution in [-0.2, 0) is 9.53 Å². The largest absolute Gasteiger partial charge is 0.461 e.